The standard InChI is InChI=1S/C22H19NO4/c1-3-26-22(25)19-14(2)18-20(23(19)13-15-9-5-4-6-10-15)16-11-7-8-12-17(16)27-21(18)24/h4-12H,3,13H2,1-2H3. The number of ether oxygens (including phenoxy) is 1. The van der Waals surface area contributed by atoms with Gasteiger partial charge in [0, 0.05) is 11.9 Å². The first-order valence-corrected chi connectivity index (χ1v) is 8.87. The lowest BCUT2D eigenvalue weighted by Crippen LogP contribution is -2.14. The minimum absolute atomic E-state index is 0.264. The first-order valence-electron chi connectivity index (χ1n) is 8.87. The highest BCUT2D eigenvalue weighted by Gasteiger charge is 2.25. The van der Waals surface area contributed by atoms with Gasteiger partial charge in [-0.3, -0.25) is 0 Å². The van der Waals surface area contributed by atoms with E-state index in [1.807, 2.05) is 53.1 Å². The Balaban J connectivity index is 2.11. The summed E-state index contributed by atoms with van der Waals surface area (Å²) in [5, 5.41) is 1.22. The van der Waals surface area contributed by atoms with E-state index in [0.29, 0.717) is 34.3 Å². The molecule has 0 spiro atoms. The van der Waals surface area contributed by atoms with Gasteiger partial charge in [0.1, 0.15) is 11.3 Å². The molecule has 0 unspecified atom stereocenters. The number of para-hydroxylation sites is 1. The predicted molar refractivity (Wildman–Crippen MR) is 104 cm³/mol. The van der Waals surface area contributed by atoms with Crippen LogP contribution in [0.25, 0.3) is 21.9 Å². The highest BCUT2D eigenvalue weighted by molar-refractivity contribution is 6.08. The van der Waals surface area contributed by atoms with Crippen LogP contribution < -0.4 is 5.63 Å². The van der Waals surface area contributed by atoms with E-state index < -0.39 is 11.6 Å². The van der Waals surface area contributed by atoms with Crippen molar-refractivity contribution < 1.29 is 13.9 Å². The largest absolute Gasteiger partial charge is 0.461 e. The van der Waals surface area contributed by atoms with Gasteiger partial charge >= 0.3 is 11.6 Å². The average molecular weight is 361 g/mol. The van der Waals surface area contributed by atoms with Crippen molar-refractivity contribution in [2.45, 2.75) is 20.4 Å². The highest BCUT2D eigenvalue weighted by Crippen LogP contribution is 2.31. The van der Waals surface area contributed by atoms with E-state index in [9.17, 15) is 9.59 Å². The molecule has 4 aromatic rings. The number of esters is 1. The lowest BCUT2D eigenvalue weighted by Gasteiger charge is -2.12. The smallest absolute Gasteiger partial charge is 0.355 e. The van der Waals surface area contributed by atoms with Gasteiger partial charge in [-0.05, 0) is 37.1 Å². The van der Waals surface area contributed by atoms with Gasteiger partial charge < -0.3 is 13.7 Å². The monoisotopic (exact) mass is 361 g/mol. The molecular weight excluding hydrogens is 342 g/mol. The molecular formula is C22H19NO4. The number of nitrogens with zero attached hydrogens (tertiary/aromatic N) is 1. The lowest BCUT2D eigenvalue weighted by molar-refractivity contribution is 0.0514. The van der Waals surface area contributed by atoms with Gasteiger partial charge in [-0.2, -0.15) is 0 Å². The third kappa shape index (κ3) is 2.81. The maximum absolute atomic E-state index is 12.7. The molecule has 0 saturated carbocycles. The van der Waals surface area contributed by atoms with E-state index in [-0.39, 0.29) is 6.61 Å². The van der Waals surface area contributed by atoms with Crippen molar-refractivity contribution in [1.29, 1.82) is 0 Å². The summed E-state index contributed by atoms with van der Waals surface area (Å²) in [6.45, 7) is 4.25. The number of carbonyl (C=O) groups excluding carboxylic acids is 1. The molecule has 0 amide bonds. The summed E-state index contributed by atoms with van der Waals surface area (Å²) in [5.74, 6) is -0.439. The SMILES string of the molecule is CCOC(=O)c1c(C)c2c(=O)oc3ccccc3c2n1Cc1ccccc1. The molecule has 136 valence electrons. The van der Waals surface area contributed by atoms with E-state index in [1.165, 1.54) is 0 Å². The first kappa shape index (κ1) is 17.1. The molecule has 2 heterocycles. The van der Waals surface area contributed by atoms with E-state index >= 15 is 0 Å². The maximum atomic E-state index is 12.7. The molecule has 4 rings (SSSR count). The minimum atomic E-state index is -0.446. The summed E-state index contributed by atoms with van der Waals surface area (Å²) in [6, 6.07) is 17.2. The Morgan fingerprint density at radius 3 is 2.52 bits per heavy atom. The van der Waals surface area contributed by atoms with Crippen LogP contribution in [0.2, 0.25) is 0 Å². The second-order valence-corrected chi connectivity index (χ2v) is 6.38. The van der Waals surface area contributed by atoms with Gasteiger partial charge in [0.25, 0.3) is 0 Å². The number of hydrogen-bond donors (Lipinski definition) is 0. The zero-order valence-electron chi connectivity index (χ0n) is 15.2. The Hall–Kier alpha value is -3.34. The van der Waals surface area contributed by atoms with Gasteiger partial charge in [-0.25, -0.2) is 9.59 Å². The third-order valence-electron chi connectivity index (χ3n) is 4.71. The van der Waals surface area contributed by atoms with E-state index in [4.69, 9.17) is 9.15 Å². The predicted octanol–water partition coefficient (Wildman–Crippen LogP) is 4.28. The van der Waals surface area contributed by atoms with Crippen LogP contribution in [-0.2, 0) is 11.3 Å². The van der Waals surface area contributed by atoms with Crippen LogP contribution >= 0.6 is 0 Å². The zero-order chi connectivity index (χ0) is 19.0. The van der Waals surface area contributed by atoms with Crippen molar-refractivity contribution in [3.63, 3.8) is 0 Å². The normalized spacial score (nSPS) is 11.2. The lowest BCUT2D eigenvalue weighted by atomic mass is 10.1. The molecule has 0 aliphatic rings. The third-order valence-corrected chi connectivity index (χ3v) is 4.71. The van der Waals surface area contributed by atoms with Crippen molar-refractivity contribution in [2.24, 2.45) is 0 Å². The number of rotatable bonds is 4. The Morgan fingerprint density at radius 2 is 1.78 bits per heavy atom. The van der Waals surface area contributed by atoms with Crippen LogP contribution in [0.4, 0.5) is 0 Å². The second-order valence-electron chi connectivity index (χ2n) is 6.38. The Labute approximate surface area is 155 Å². The van der Waals surface area contributed by atoms with Crippen LogP contribution in [0, 0.1) is 6.92 Å². The summed E-state index contributed by atoms with van der Waals surface area (Å²) in [6.07, 6.45) is 0. The van der Waals surface area contributed by atoms with Crippen LogP contribution in [-0.4, -0.2) is 17.1 Å². The number of aryl methyl sites for hydroxylation is 1. The molecule has 27 heavy (non-hydrogen) atoms. The molecule has 5 heteroatoms. The molecule has 0 N–H and O–H groups in total. The number of hydrogen-bond acceptors (Lipinski definition) is 4. The minimum Gasteiger partial charge on any atom is -0.461 e. The Morgan fingerprint density at radius 1 is 1.07 bits per heavy atom. The Bertz CT molecular complexity index is 1200. The van der Waals surface area contributed by atoms with Crippen molar-refractivity contribution in [1.82, 2.24) is 4.57 Å². The van der Waals surface area contributed by atoms with Crippen LogP contribution in [0.15, 0.2) is 63.8 Å². The van der Waals surface area contributed by atoms with Crippen LogP contribution in [0.1, 0.15) is 28.5 Å². The number of carbonyl (C=O) groups is 1. The fourth-order valence-corrected chi connectivity index (χ4v) is 3.56. The van der Waals surface area contributed by atoms with Crippen LogP contribution in [0.3, 0.4) is 0 Å². The quantitative estimate of drug-likeness (QED) is 0.402. The van der Waals surface area contributed by atoms with Crippen molar-refractivity contribution in [3.8, 4) is 0 Å². The summed E-state index contributed by atoms with van der Waals surface area (Å²) in [4.78, 5) is 25.4. The van der Waals surface area contributed by atoms with Gasteiger partial charge in [0.15, 0.2) is 0 Å². The number of benzene rings is 2. The zero-order valence-corrected chi connectivity index (χ0v) is 15.2. The molecule has 0 saturated heterocycles. The summed E-state index contributed by atoms with van der Waals surface area (Å²) < 4.78 is 12.6. The molecule has 2 aromatic heterocycles. The topological polar surface area (TPSA) is 61.4 Å². The molecule has 0 atom stereocenters. The van der Waals surface area contributed by atoms with Gasteiger partial charge in [-0.1, -0.05) is 42.5 Å². The highest BCUT2D eigenvalue weighted by atomic mass is 16.5. The molecule has 2 aromatic carbocycles. The fourth-order valence-electron chi connectivity index (χ4n) is 3.56. The van der Waals surface area contributed by atoms with E-state index in [2.05, 4.69) is 0 Å². The fraction of sp³-hybridized carbons (Fsp3) is 0.182. The van der Waals surface area contributed by atoms with Crippen molar-refractivity contribution in [3.05, 3.63) is 81.8 Å². The van der Waals surface area contributed by atoms with Gasteiger partial charge in [-0.15, -0.1) is 0 Å². The van der Waals surface area contributed by atoms with Crippen LogP contribution in [0.5, 0.6) is 0 Å². The van der Waals surface area contributed by atoms with Gasteiger partial charge in [0.2, 0.25) is 0 Å². The summed E-state index contributed by atoms with van der Waals surface area (Å²) in [7, 11) is 0. The van der Waals surface area contributed by atoms with Gasteiger partial charge in [0.05, 0.1) is 17.5 Å². The molecule has 0 aliphatic carbocycles. The average Bonchev–Trinajstić information content (AvgIpc) is 2.96. The van der Waals surface area contributed by atoms with E-state index in [0.717, 1.165) is 10.9 Å². The second kappa shape index (κ2) is 6.76. The summed E-state index contributed by atoms with van der Waals surface area (Å²) in [5.41, 5.74) is 2.75. The molecule has 0 fully saturated rings. The van der Waals surface area contributed by atoms with E-state index in [1.54, 1.807) is 19.9 Å². The molecule has 0 bridgehead atoms. The first-order chi connectivity index (χ1) is 13.1. The number of fused-ring (bicyclic) bond motifs is 3. The summed E-state index contributed by atoms with van der Waals surface area (Å²) >= 11 is 0. The number of aromatic nitrogens is 1. The molecule has 0 radical (unpaired) electrons. The maximum Gasteiger partial charge on any atom is 0.355 e. The Kier molecular flexibility index (Phi) is 4.28. The molecule has 0 aliphatic heterocycles. The van der Waals surface area contributed by atoms with Crippen molar-refractivity contribution in [2.75, 3.05) is 6.61 Å². The van der Waals surface area contributed by atoms with Crippen molar-refractivity contribution >= 4 is 27.8 Å². The molecule has 5 nitrogen and oxygen atoms in total.